The van der Waals surface area contributed by atoms with E-state index in [1.807, 2.05) is 24.3 Å². The molecule has 0 aliphatic carbocycles. The van der Waals surface area contributed by atoms with Crippen LogP contribution < -0.4 is 26.0 Å². The Kier molecular flexibility index (Phi) is 16.7. The number of hydrogen-bond donors (Lipinski definition) is 0. The summed E-state index contributed by atoms with van der Waals surface area (Å²) in [6.07, 6.45) is 4.00. The second kappa shape index (κ2) is 19.8. The molecule has 0 spiro atoms. The summed E-state index contributed by atoms with van der Waals surface area (Å²) in [5.41, 5.74) is 0. The predicted molar refractivity (Wildman–Crippen MR) is 173 cm³/mol. The van der Waals surface area contributed by atoms with E-state index in [9.17, 15) is 0 Å². The molecule has 0 bridgehead atoms. The third kappa shape index (κ3) is 11.0. The second-order valence-corrected chi connectivity index (χ2v) is 12.8. The minimum atomic E-state index is -0.348. The summed E-state index contributed by atoms with van der Waals surface area (Å²) in [4.78, 5) is 0. The van der Waals surface area contributed by atoms with E-state index >= 15 is 0 Å². The molecule has 39 heavy (non-hydrogen) atoms. The molecule has 0 saturated heterocycles. The SMILES string of the molecule is COc1cc[c-]cc1.C[S-].[Pd+2].c1ccc(P(CCP(c2ccccc2)c2ccccc2)c2ccccc2)cc1. The molecule has 5 aromatic carbocycles. The first kappa shape index (κ1) is 33.0. The van der Waals surface area contributed by atoms with Crippen LogP contribution in [0, 0.1) is 6.07 Å². The topological polar surface area (TPSA) is 9.23 Å². The maximum atomic E-state index is 4.89. The van der Waals surface area contributed by atoms with Gasteiger partial charge in [0.05, 0.1) is 7.11 Å². The van der Waals surface area contributed by atoms with Gasteiger partial charge in [0.1, 0.15) is 0 Å². The van der Waals surface area contributed by atoms with Gasteiger partial charge in [0.25, 0.3) is 0 Å². The van der Waals surface area contributed by atoms with Gasteiger partial charge in [-0.2, -0.15) is 24.5 Å². The maximum Gasteiger partial charge on any atom is 2.00 e. The number of methoxy groups -OCH3 is 1. The molecule has 0 unspecified atom stereocenters. The first-order valence-electron chi connectivity index (χ1n) is 12.5. The molecule has 0 fully saturated rings. The number of hydrogen-bond acceptors (Lipinski definition) is 2. The van der Waals surface area contributed by atoms with Crippen LogP contribution in [-0.2, 0) is 33.1 Å². The summed E-state index contributed by atoms with van der Waals surface area (Å²) >= 11 is 4.08. The van der Waals surface area contributed by atoms with Crippen molar-refractivity contribution in [3.05, 3.63) is 152 Å². The Morgan fingerprint density at radius 3 is 1.03 bits per heavy atom. The monoisotopic (exact) mass is 658 g/mol. The first-order valence-corrected chi connectivity index (χ1v) is 16.4. The second-order valence-electron chi connectivity index (χ2n) is 8.09. The zero-order valence-electron chi connectivity index (χ0n) is 22.3. The zero-order chi connectivity index (χ0) is 26.8. The average Bonchev–Trinajstić information content (AvgIpc) is 3.03. The number of ether oxygens (including phenoxy) is 1. The van der Waals surface area contributed by atoms with Gasteiger partial charge in [0.15, 0.2) is 0 Å². The van der Waals surface area contributed by atoms with Gasteiger partial charge in [-0.05, 0) is 49.4 Å². The van der Waals surface area contributed by atoms with Crippen molar-refractivity contribution in [2.24, 2.45) is 0 Å². The molecule has 5 heteroatoms. The largest absolute Gasteiger partial charge is 2.00 e. The van der Waals surface area contributed by atoms with Crippen molar-refractivity contribution in [3.8, 4) is 5.75 Å². The van der Waals surface area contributed by atoms with Gasteiger partial charge in [0, 0.05) is 5.75 Å². The fourth-order valence-corrected chi connectivity index (χ4v) is 9.31. The number of benzene rings is 5. The van der Waals surface area contributed by atoms with Crippen molar-refractivity contribution in [2.45, 2.75) is 0 Å². The van der Waals surface area contributed by atoms with Gasteiger partial charge in [-0.25, -0.2) is 0 Å². The van der Waals surface area contributed by atoms with E-state index in [0.29, 0.717) is 0 Å². The molecule has 0 aliphatic heterocycles. The quantitative estimate of drug-likeness (QED) is 0.0776. The van der Waals surface area contributed by atoms with Gasteiger partial charge in [-0.15, -0.1) is 12.1 Å². The normalized spacial score (nSPS) is 9.87. The summed E-state index contributed by atoms with van der Waals surface area (Å²) < 4.78 is 4.89. The summed E-state index contributed by atoms with van der Waals surface area (Å²) in [6, 6.07) is 54.5. The van der Waals surface area contributed by atoms with Crippen LogP contribution in [-0.4, -0.2) is 25.7 Å². The molecule has 0 radical (unpaired) electrons. The van der Waals surface area contributed by atoms with Crippen molar-refractivity contribution < 1.29 is 25.2 Å². The van der Waals surface area contributed by atoms with E-state index in [1.165, 1.54) is 33.5 Å². The van der Waals surface area contributed by atoms with Gasteiger partial charge < -0.3 is 17.4 Å². The van der Waals surface area contributed by atoms with Crippen LogP contribution in [0.3, 0.4) is 0 Å². The molecule has 0 aromatic heterocycles. The Morgan fingerprint density at radius 1 is 0.513 bits per heavy atom. The van der Waals surface area contributed by atoms with Crippen LogP contribution in [0.4, 0.5) is 0 Å². The number of rotatable bonds is 8. The third-order valence-corrected chi connectivity index (χ3v) is 11.1. The van der Waals surface area contributed by atoms with Crippen molar-refractivity contribution in [1.29, 1.82) is 0 Å². The van der Waals surface area contributed by atoms with Crippen LogP contribution in [0.25, 0.3) is 0 Å². The van der Waals surface area contributed by atoms with Gasteiger partial charge in [-0.1, -0.05) is 121 Å². The minimum absolute atomic E-state index is 0. The molecule has 0 saturated carbocycles. The summed E-state index contributed by atoms with van der Waals surface area (Å²) in [7, 11) is 0.952. The van der Waals surface area contributed by atoms with Crippen LogP contribution in [0.15, 0.2) is 146 Å². The summed E-state index contributed by atoms with van der Waals surface area (Å²) in [5.74, 6) is 0.878. The van der Waals surface area contributed by atoms with Crippen LogP contribution in [0.2, 0.25) is 0 Å². The van der Waals surface area contributed by atoms with E-state index < -0.39 is 0 Å². The van der Waals surface area contributed by atoms with Crippen molar-refractivity contribution in [3.63, 3.8) is 0 Å². The zero-order valence-corrected chi connectivity index (χ0v) is 26.5. The van der Waals surface area contributed by atoms with Gasteiger partial charge >= 0.3 is 20.4 Å². The molecule has 0 heterocycles. The average molecular weight is 659 g/mol. The minimum Gasteiger partial charge on any atom is -0.796 e. The maximum absolute atomic E-state index is 4.89. The van der Waals surface area contributed by atoms with E-state index in [0.717, 1.165) is 5.75 Å². The third-order valence-electron chi connectivity index (χ3n) is 5.74. The summed E-state index contributed by atoms with van der Waals surface area (Å²) in [5, 5.41) is 5.89. The van der Waals surface area contributed by atoms with Crippen LogP contribution in [0.5, 0.6) is 5.75 Å². The molecular formula is C34H34OP2PdS. The summed E-state index contributed by atoms with van der Waals surface area (Å²) in [6.45, 7) is 0. The van der Waals surface area contributed by atoms with Crippen molar-refractivity contribution in [2.75, 3.05) is 25.7 Å². The predicted octanol–water partition coefficient (Wildman–Crippen LogP) is 6.91. The smallest absolute Gasteiger partial charge is 0.796 e. The molecule has 202 valence electrons. The molecule has 0 atom stereocenters. The molecule has 5 aromatic rings. The van der Waals surface area contributed by atoms with E-state index in [-0.39, 0.29) is 36.3 Å². The van der Waals surface area contributed by atoms with Crippen LogP contribution >= 0.6 is 15.8 Å². The van der Waals surface area contributed by atoms with Gasteiger partial charge in [0.2, 0.25) is 0 Å². The van der Waals surface area contributed by atoms with Gasteiger partial charge in [-0.3, -0.25) is 0 Å². The molecule has 0 amide bonds. The van der Waals surface area contributed by atoms with E-state index in [1.54, 1.807) is 13.4 Å². The molecular weight excluding hydrogens is 625 g/mol. The fourth-order valence-electron chi connectivity index (χ4n) is 3.95. The molecule has 1 nitrogen and oxygen atoms in total. The molecule has 5 rings (SSSR count). The molecule has 0 N–H and O–H groups in total. The Hall–Kier alpha value is -2.23. The Balaban J connectivity index is 0.000000414. The van der Waals surface area contributed by atoms with Crippen molar-refractivity contribution in [1.82, 2.24) is 0 Å². The molecule has 0 aliphatic rings. The van der Waals surface area contributed by atoms with Crippen LogP contribution in [0.1, 0.15) is 0 Å². The Labute approximate surface area is 256 Å². The van der Waals surface area contributed by atoms with Crippen molar-refractivity contribution >= 4 is 49.7 Å². The van der Waals surface area contributed by atoms with E-state index in [2.05, 4.69) is 140 Å². The Bertz CT molecular complexity index is 1100. The van der Waals surface area contributed by atoms with E-state index in [4.69, 9.17) is 4.74 Å². The standard InChI is InChI=1S/C26H24P2.C7H7O.CH4S.Pd/c1-5-13-23(14-6-1)27(24-15-7-2-8-16-24)21-22-28(25-17-9-3-10-18-25)26-19-11-4-12-20-26;1-8-7-5-3-2-4-6-7;1-2;/h1-20H,21-22H2;3-6H,1H3;2H,1H3;/q;-1;;+2/p-1. The first-order chi connectivity index (χ1) is 18.8. The Morgan fingerprint density at radius 2 is 0.795 bits per heavy atom. The fraction of sp³-hybridized carbons (Fsp3) is 0.118.